The molecule has 0 atom stereocenters. The van der Waals surface area contributed by atoms with Gasteiger partial charge in [-0.3, -0.25) is 4.79 Å². The van der Waals surface area contributed by atoms with Gasteiger partial charge in [0.25, 0.3) is 0 Å². The van der Waals surface area contributed by atoms with Gasteiger partial charge >= 0.3 is 0 Å². The van der Waals surface area contributed by atoms with Gasteiger partial charge in [-0.25, -0.2) is 8.42 Å². The summed E-state index contributed by atoms with van der Waals surface area (Å²) in [7, 11) is -3.34. The van der Waals surface area contributed by atoms with Crippen LogP contribution >= 0.6 is 11.3 Å². The first-order valence-corrected chi connectivity index (χ1v) is 7.20. The van der Waals surface area contributed by atoms with Crippen molar-refractivity contribution in [3.8, 4) is 0 Å². The largest absolute Gasteiger partial charge is 0.300 e. The van der Waals surface area contributed by atoms with Crippen molar-refractivity contribution in [1.82, 2.24) is 10.2 Å². The average Bonchev–Trinajstić information content (AvgIpc) is 2.66. The fourth-order valence-corrected chi connectivity index (χ4v) is 2.75. The smallest absolute Gasteiger partial charge is 0.234 e. The first kappa shape index (κ1) is 13.0. The summed E-state index contributed by atoms with van der Waals surface area (Å²) in [5, 5.41) is 9.86. The second-order valence-electron chi connectivity index (χ2n) is 3.42. The Hall–Kier alpha value is -1.02. The van der Waals surface area contributed by atoms with Crippen molar-refractivity contribution < 1.29 is 13.2 Å². The molecule has 0 aliphatic heterocycles. The minimum Gasteiger partial charge on any atom is -0.300 e. The van der Waals surface area contributed by atoms with E-state index in [9.17, 15) is 13.2 Å². The van der Waals surface area contributed by atoms with E-state index in [1.165, 1.54) is 6.92 Å². The van der Waals surface area contributed by atoms with Gasteiger partial charge in [0.05, 0.1) is 5.75 Å². The number of carbonyl (C=O) groups excluding carboxylic acids is 1. The first-order valence-electron chi connectivity index (χ1n) is 4.74. The molecule has 16 heavy (non-hydrogen) atoms. The van der Waals surface area contributed by atoms with Crippen molar-refractivity contribution in [1.29, 1.82) is 0 Å². The van der Waals surface area contributed by atoms with Gasteiger partial charge < -0.3 is 5.32 Å². The summed E-state index contributed by atoms with van der Waals surface area (Å²) >= 11 is 0.868. The quantitative estimate of drug-likeness (QED) is 0.816. The van der Waals surface area contributed by atoms with E-state index >= 15 is 0 Å². The predicted octanol–water partition coefficient (Wildman–Crippen LogP) is 0.926. The summed E-state index contributed by atoms with van der Waals surface area (Å²) in [6, 6.07) is 0. The Kier molecular flexibility index (Phi) is 3.98. The topological polar surface area (TPSA) is 89.0 Å². The Bertz CT molecular complexity index is 478. The number of aromatic nitrogens is 2. The number of rotatable bonds is 4. The van der Waals surface area contributed by atoms with Crippen LogP contribution in [0.4, 0.5) is 5.13 Å². The van der Waals surface area contributed by atoms with Gasteiger partial charge in [-0.2, -0.15) is 0 Å². The normalized spacial score (nSPS) is 11.8. The minimum absolute atomic E-state index is 0.0280. The summed E-state index contributed by atoms with van der Waals surface area (Å²) in [4.78, 5) is 11.3. The van der Waals surface area contributed by atoms with Gasteiger partial charge in [0.1, 0.15) is 0 Å². The standard InChI is InChI=1S/C8H13N3O3S2/c1-4-16(13,14)8-11-10-7(15-8)9-6(12)5(2)3/h5H,4H2,1-3H3,(H,9,10,12). The SMILES string of the molecule is CCS(=O)(=O)c1nnc(NC(=O)C(C)C)s1. The number of anilines is 1. The lowest BCUT2D eigenvalue weighted by atomic mass is 10.2. The third-order valence-electron chi connectivity index (χ3n) is 1.81. The second kappa shape index (κ2) is 4.88. The number of hydrogen-bond donors (Lipinski definition) is 1. The molecule has 1 rings (SSSR count). The molecule has 1 aromatic heterocycles. The van der Waals surface area contributed by atoms with Crippen LogP contribution in [0.15, 0.2) is 4.34 Å². The summed E-state index contributed by atoms with van der Waals surface area (Å²) in [6.45, 7) is 5.00. The van der Waals surface area contributed by atoms with E-state index in [2.05, 4.69) is 15.5 Å². The van der Waals surface area contributed by atoms with Crippen LogP contribution in [0, 0.1) is 5.92 Å². The van der Waals surface area contributed by atoms with E-state index in [4.69, 9.17) is 0 Å². The Morgan fingerprint density at radius 3 is 2.56 bits per heavy atom. The van der Waals surface area contributed by atoms with E-state index in [1.807, 2.05) is 0 Å². The van der Waals surface area contributed by atoms with Gasteiger partial charge in [-0.15, -0.1) is 10.2 Å². The number of hydrogen-bond acceptors (Lipinski definition) is 6. The fourth-order valence-electron chi connectivity index (χ4n) is 0.759. The van der Waals surface area contributed by atoms with Crippen LogP contribution in [-0.4, -0.2) is 30.3 Å². The highest BCUT2D eigenvalue weighted by Gasteiger charge is 2.19. The summed E-state index contributed by atoms with van der Waals surface area (Å²) in [5.41, 5.74) is 0. The molecule has 1 heterocycles. The van der Waals surface area contributed by atoms with E-state index in [-0.39, 0.29) is 27.0 Å². The molecule has 0 radical (unpaired) electrons. The molecule has 90 valence electrons. The monoisotopic (exact) mass is 263 g/mol. The zero-order valence-corrected chi connectivity index (χ0v) is 10.9. The molecule has 1 N–H and O–H groups in total. The van der Waals surface area contributed by atoms with Crippen molar-refractivity contribution in [3.05, 3.63) is 0 Å². The summed E-state index contributed by atoms with van der Waals surface area (Å²) in [6.07, 6.45) is 0. The number of nitrogens with zero attached hydrogens (tertiary/aromatic N) is 2. The number of sulfone groups is 1. The lowest BCUT2D eigenvalue weighted by Gasteiger charge is -2.02. The van der Waals surface area contributed by atoms with Gasteiger partial charge in [-0.1, -0.05) is 32.1 Å². The van der Waals surface area contributed by atoms with Crippen LogP contribution in [0.25, 0.3) is 0 Å². The maximum absolute atomic E-state index is 11.4. The Labute approximate surface area is 98.0 Å². The molecule has 0 unspecified atom stereocenters. The maximum atomic E-state index is 11.4. The molecule has 8 heteroatoms. The Morgan fingerprint density at radius 1 is 1.44 bits per heavy atom. The zero-order valence-electron chi connectivity index (χ0n) is 9.22. The minimum atomic E-state index is -3.34. The maximum Gasteiger partial charge on any atom is 0.234 e. The van der Waals surface area contributed by atoms with Crippen LogP contribution in [0.1, 0.15) is 20.8 Å². The van der Waals surface area contributed by atoms with Crippen molar-refractivity contribution in [2.75, 3.05) is 11.1 Å². The highest BCUT2D eigenvalue weighted by atomic mass is 32.2. The molecule has 0 aliphatic rings. The highest BCUT2D eigenvalue weighted by molar-refractivity contribution is 7.93. The van der Waals surface area contributed by atoms with Crippen LogP contribution < -0.4 is 5.32 Å². The molecule has 0 saturated heterocycles. The number of carbonyl (C=O) groups is 1. The molecular formula is C8H13N3O3S2. The van der Waals surface area contributed by atoms with Gasteiger partial charge in [-0.05, 0) is 0 Å². The Morgan fingerprint density at radius 2 is 2.06 bits per heavy atom. The van der Waals surface area contributed by atoms with Gasteiger partial charge in [0, 0.05) is 5.92 Å². The van der Waals surface area contributed by atoms with E-state index in [1.54, 1.807) is 13.8 Å². The summed E-state index contributed by atoms with van der Waals surface area (Å²) in [5.74, 6) is -0.425. The average molecular weight is 263 g/mol. The molecule has 1 amide bonds. The molecule has 6 nitrogen and oxygen atoms in total. The molecule has 0 aliphatic carbocycles. The number of nitrogens with one attached hydrogen (secondary N) is 1. The van der Waals surface area contributed by atoms with Gasteiger partial charge in [0.2, 0.25) is 25.2 Å². The van der Waals surface area contributed by atoms with Crippen molar-refractivity contribution in [2.45, 2.75) is 25.1 Å². The van der Waals surface area contributed by atoms with Crippen LogP contribution in [0.3, 0.4) is 0 Å². The first-order chi connectivity index (χ1) is 7.36. The zero-order chi connectivity index (χ0) is 12.3. The van der Waals surface area contributed by atoms with Crippen LogP contribution in [0.5, 0.6) is 0 Å². The molecule has 0 bridgehead atoms. The molecular weight excluding hydrogens is 250 g/mol. The lowest BCUT2D eigenvalue weighted by Crippen LogP contribution is -2.17. The van der Waals surface area contributed by atoms with Crippen molar-refractivity contribution in [2.24, 2.45) is 5.92 Å². The molecule has 0 aromatic carbocycles. The van der Waals surface area contributed by atoms with Crippen LogP contribution in [-0.2, 0) is 14.6 Å². The fraction of sp³-hybridized carbons (Fsp3) is 0.625. The van der Waals surface area contributed by atoms with Crippen molar-refractivity contribution in [3.63, 3.8) is 0 Å². The van der Waals surface area contributed by atoms with E-state index in [0.717, 1.165) is 11.3 Å². The van der Waals surface area contributed by atoms with Crippen LogP contribution in [0.2, 0.25) is 0 Å². The van der Waals surface area contributed by atoms with E-state index in [0.29, 0.717) is 0 Å². The summed E-state index contributed by atoms with van der Waals surface area (Å²) < 4.78 is 22.8. The highest BCUT2D eigenvalue weighted by Crippen LogP contribution is 2.21. The molecule has 1 aromatic rings. The third kappa shape index (κ3) is 2.99. The van der Waals surface area contributed by atoms with Gasteiger partial charge in [0.15, 0.2) is 0 Å². The number of amides is 1. The van der Waals surface area contributed by atoms with E-state index < -0.39 is 9.84 Å². The molecule has 0 saturated carbocycles. The molecule has 0 spiro atoms. The van der Waals surface area contributed by atoms with Crippen molar-refractivity contribution >= 4 is 32.2 Å². The third-order valence-corrected chi connectivity index (χ3v) is 4.83. The predicted molar refractivity (Wildman–Crippen MR) is 61.1 cm³/mol. The molecule has 0 fully saturated rings. The Balaban J connectivity index is 2.85. The second-order valence-corrected chi connectivity index (χ2v) is 6.85. The lowest BCUT2D eigenvalue weighted by molar-refractivity contribution is -0.118.